The molecule has 0 bridgehead atoms. The Kier molecular flexibility index (Phi) is 4.26. The first kappa shape index (κ1) is 12.9. The van der Waals surface area contributed by atoms with Gasteiger partial charge in [0.2, 0.25) is 0 Å². The van der Waals surface area contributed by atoms with Crippen LogP contribution < -0.4 is 0 Å². The third kappa shape index (κ3) is 3.46. The molecule has 92 valence electrons. The molecule has 0 saturated carbocycles. The molecule has 2 unspecified atom stereocenters. The second-order valence-electron chi connectivity index (χ2n) is 3.75. The summed E-state index contributed by atoms with van der Waals surface area (Å²) in [6, 6.07) is 0. The van der Waals surface area contributed by atoms with Gasteiger partial charge in [0.1, 0.15) is 6.10 Å². The molecule has 1 heterocycles. The van der Waals surface area contributed by atoms with Crippen LogP contribution in [0.15, 0.2) is 0 Å². The van der Waals surface area contributed by atoms with Gasteiger partial charge in [0, 0.05) is 20.3 Å². The zero-order valence-corrected chi connectivity index (χ0v) is 9.50. The summed E-state index contributed by atoms with van der Waals surface area (Å²) in [5.41, 5.74) is 0. The molecular weight excluding hydrogens is 216 g/mol. The van der Waals surface area contributed by atoms with Crippen LogP contribution in [0.25, 0.3) is 0 Å². The molecule has 4 atom stereocenters. The Morgan fingerprint density at radius 3 is 2.31 bits per heavy atom. The van der Waals surface area contributed by atoms with Crippen LogP contribution in [0.2, 0.25) is 0 Å². The van der Waals surface area contributed by atoms with Crippen LogP contribution in [-0.4, -0.2) is 41.6 Å². The van der Waals surface area contributed by atoms with Crippen LogP contribution in [0.3, 0.4) is 0 Å². The lowest BCUT2D eigenvalue weighted by Gasteiger charge is -2.37. The topological polar surface area (TPSA) is 82.1 Å². The summed E-state index contributed by atoms with van der Waals surface area (Å²) >= 11 is 0. The Bertz CT molecular complexity index is 276. The van der Waals surface area contributed by atoms with Crippen molar-refractivity contribution in [2.24, 2.45) is 0 Å². The minimum absolute atomic E-state index is 0.0991. The van der Waals surface area contributed by atoms with Crippen LogP contribution in [0.5, 0.6) is 0 Å². The first-order valence-electron chi connectivity index (χ1n) is 5.08. The van der Waals surface area contributed by atoms with E-state index in [-0.39, 0.29) is 6.42 Å². The fourth-order valence-corrected chi connectivity index (χ4v) is 1.71. The van der Waals surface area contributed by atoms with E-state index in [4.69, 9.17) is 14.2 Å². The maximum absolute atomic E-state index is 10.9. The summed E-state index contributed by atoms with van der Waals surface area (Å²) in [5, 5.41) is 9.36. The molecular formula is C10H16O6. The first-order chi connectivity index (χ1) is 7.40. The summed E-state index contributed by atoms with van der Waals surface area (Å²) in [6.07, 6.45) is -2.77. The second-order valence-corrected chi connectivity index (χ2v) is 3.75. The van der Waals surface area contributed by atoms with E-state index in [9.17, 15) is 14.7 Å². The average molecular weight is 232 g/mol. The highest BCUT2D eigenvalue weighted by molar-refractivity contribution is 5.67. The molecule has 0 aromatic rings. The van der Waals surface area contributed by atoms with Gasteiger partial charge in [0.05, 0.1) is 6.10 Å². The number of hydrogen-bond donors (Lipinski definition) is 1. The number of carbonyl (C=O) groups excluding carboxylic acids is 2. The summed E-state index contributed by atoms with van der Waals surface area (Å²) in [4.78, 5) is 21.8. The van der Waals surface area contributed by atoms with Gasteiger partial charge in [-0.25, -0.2) is 0 Å². The van der Waals surface area contributed by atoms with Crippen molar-refractivity contribution >= 4 is 11.9 Å². The zero-order valence-electron chi connectivity index (χ0n) is 9.50. The fourth-order valence-electron chi connectivity index (χ4n) is 1.71. The van der Waals surface area contributed by atoms with Crippen LogP contribution >= 0.6 is 0 Å². The van der Waals surface area contributed by atoms with E-state index in [2.05, 4.69) is 0 Å². The first-order valence-corrected chi connectivity index (χ1v) is 5.08. The highest BCUT2D eigenvalue weighted by atomic mass is 16.7. The van der Waals surface area contributed by atoms with Crippen molar-refractivity contribution in [1.29, 1.82) is 0 Å². The van der Waals surface area contributed by atoms with Crippen LogP contribution in [-0.2, 0) is 23.8 Å². The predicted octanol–water partition coefficient (Wildman–Crippen LogP) is -0.0230. The average Bonchev–Trinajstić information content (AvgIpc) is 2.09. The van der Waals surface area contributed by atoms with Crippen LogP contribution in [0, 0.1) is 0 Å². The molecule has 1 N–H and O–H groups in total. The molecule has 0 radical (unpaired) electrons. The highest BCUT2D eigenvalue weighted by Crippen LogP contribution is 2.24. The van der Waals surface area contributed by atoms with Crippen molar-refractivity contribution in [3.8, 4) is 0 Å². The molecule has 0 aromatic carbocycles. The second kappa shape index (κ2) is 5.27. The predicted molar refractivity (Wildman–Crippen MR) is 52.3 cm³/mol. The lowest BCUT2D eigenvalue weighted by atomic mass is 10.0. The van der Waals surface area contributed by atoms with E-state index in [1.807, 2.05) is 0 Å². The third-order valence-corrected chi connectivity index (χ3v) is 2.25. The van der Waals surface area contributed by atoms with Crippen LogP contribution in [0.4, 0.5) is 0 Å². The van der Waals surface area contributed by atoms with Crippen LogP contribution in [0.1, 0.15) is 27.2 Å². The molecule has 1 aliphatic heterocycles. The molecule has 16 heavy (non-hydrogen) atoms. The van der Waals surface area contributed by atoms with Gasteiger partial charge in [-0.15, -0.1) is 0 Å². The Balaban J connectivity index is 2.71. The van der Waals surface area contributed by atoms with E-state index >= 15 is 0 Å². The number of carbonyl (C=O) groups is 2. The van der Waals surface area contributed by atoms with E-state index < -0.39 is 36.5 Å². The summed E-state index contributed by atoms with van der Waals surface area (Å²) in [6.45, 7) is 4.17. The van der Waals surface area contributed by atoms with E-state index in [0.29, 0.717) is 0 Å². The zero-order chi connectivity index (χ0) is 12.3. The van der Waals surface area contributed by atoms with E-state index in [1.165, 1.54) is 13.8 Å². The minimum atomic E-state index is -1.01. The van der Waals surface area contributed by atoms with Gasteiger partial charge in [-0.1, -0.05) is 0 Å². The van der Waals surface area contributed by atoms with Crippen molar-refractivity contribution in [1.82, 2.24) is 0 Å². The van der Waals surface area contributed by atoms with Crippen molar-refractivity contribution in [3.63, 3.8) is 0 Å². The molecule has 0 aliphatic carbocycles. The Labute approximate surface area is 93.5 Å². The molecule has 0 amide bonds. The van der Waals surface area contributed by atoms with Gasteiger partial charge in [-0.3, -0.25) is 9.59 Å². The highest BCUT2D eigenvalue weighted by Gasteiger charge is 2.40. The SMILES string of the molecule is CC(=O)OC1C(C)O[C@@H](O)C[C@H]1OC(C)=O. The molecule has 0 spiro atoms. The molecule has 6 heteroatoms. The Hall–Kier alpha value is -1.14. The molecule has 1 aliphatic rings. The summed E-state index contributed by atoms with van der Waals surface area (Å²) in [5.74, 6) is -0.961. The molecule has 6 nitrogen and oxygen atoms in total. The number of hydrogen-bond acceptors (Lipinski definition) is 6. The summed E-state index contributed by atoms with van der Waals surface area (Å²) < 4.78 is 15.1. The maximum Gasteiger partial charge on any atom is 0.303 e. The number of ether oxygens (including phenoxy) is 3. The van der Waals surface area contributed by atoms with Gasteiger partial charge >= 0.3 is 11.9 Å². The van der Waals surface area contributed by atoms with Crippen molar-refractivity contribution < 1.29 is 28.9 Å². The van der Waals surface area contributed by atoms with Gasteiger partial charge in [-0.05, 0) is 6.92 Å². The lowest BCUT2D eigenvalue weighted by molar-refractivity contribution is -0.241. The normalized spacial score (nSPS) is 34.2. The number of rotatable bonds is 2. The Morgan fingerprint density at radius 1 is 1.25 bits per heavy atom. The molecule has 1 saturated heterocycles. The fraction of sp³-hybridized carbons (Fsp3) is 0.800. The van der Waals surface area contributed by atoms with Crippen molar-refractivity contribution in [2.75, 3.05) is 0 Å². The van der Waals surface area contributed by atoms with Gasteiger partial charge in [0.25, 0.3) is 0 Å². The van der Waals surface area contributed by atoms with Gasteiger partial charge in [0.15, 0.2) is 12.4 Å². The van der Waals surface area contributed by atoms with E-state index in [1.54, 1.807) is 6.92 Å². The quantitative estimate of drug-likeness (QED) is 0.674. The summed E-state index contributed by atoms with van der Waals surface area (Å²) in [7, 11) is 0. The number of esters is 2. The number of aliphatic hydroxyl groups is 1. The van der Waals surface area contributed by atoms with Crippen molar-refractivity contribution in [3.05, 3.63) is 0 Å². The largest absolute Gasteiger partial charge is 0.458 e. The third-order valence-electron chi connectivity index (χ3n) is 2.25. The van der Waals surface area contributed by atoms with Gasteiger partial charge < -0.3 is 19.3 Å². The Morgan fingerprint density at radius 2 is 1.81 bits per heavy atom. The molecule has 0 aromatic heterocycles. The minimum Gasteiger partial charge on any atom is -0.458 e. The standard InChI is InChI=1S/C10H16O6/c1-5-10(16-7(3)12)8(15-6(2)11)4-9(13)14-5/h5,8-10,13H,4H2,1-3H3/t5?,8-,9-,10?/m1/s1. The monoisotopic (exact) mass is 232 g/mol. The lowest BCUT2D eigenvalue weighted by Crippen LogP contribution is -2.50. The number of aliphatic hydroxyl groups excluding tert-OH is 1. The molecule has 1 rings (SSSR count). The smallest absolute Gasteiger partial charge is 0.303 e. The van der Waals surface area contributed by atoms with Gasteiger partial charge in [-0.2, -0.15) is 0 Å². The van der Waals surface area contributed by atoms with E-state index in [0.717, 1.165) is 0 Å². The van der Waals surface area contributed by atoms with Crippen molar-refractivity contribution in [2.45, 2.75) is 51.8 Å². The molecule has 1 fully saturated rings. The maximum atomic E-state index is 10.9.